The second-order valence-corrected chi connectivity index (χ2v) is 4.82. The summed E-state index contributed by atoms with van der Waals surface area (Å²) < 4.78 is 0. The molecule has 2 aromatic carbocycles. The van der Waals surface area contributed by atoms with Crippen LogP contribution in [0.1, 0.15) is 13.3 Å². The largest absolute Gasteiger partial charge is 0.409 e. The van der Waals surface area contributed by atoms with Gasteiger partial charge in [-0.25, -0.2) is 4.79 Å². The van der Waals surface area contributed by atoms with Crippen molar-refractivity contribution in [3.63, 3.8) is 0 Å². The number of fused-ring (bicyclic) bond motifs is 1. The Morgan fingerprint density at radius 2 is 2.00 bits per heavy atom. The number of benzene rings is 2. The molecule has 6 heteroatoms. The number of carbonyl (C=O) groups is 1. The number of hydrogen-bond acceptors (Lipinski definition) is 3. The first kappa shape index (κ1) is 14.6. The highest BCUT2D eigenvalue weighted by atomic mass is 16.4. The number of hydrogen-bond donors (Lipinski definition) is 4. The van der Waals surface area contributed by atoms with Gasteiger partial charge in [-0.05, 0) is 18.4 Å². The summed E-state index contributed by atoms with van der Waals surface area (Å²) in [6.07, 6.45) is 0.277. The van der Waals surface area contributed by atoms with Gasteiger partial charge >= 0.3 is 6.03 Å². The first-order valence-corrected chi connectivity index (χ1v) is 6.62. The van der Waals surface area contributed by atoms with Crippen LogP contribution < -0.4 is 16.4 Å². The predicted molar refractivity (Wildman–Crippen MR) is 83.6 cm³/mol. The highest BCUT2D eigenvalue weighted by molar-refractivity contribution is 6.01. The zero-order valence-electron chi connectivity index (χ0n) is 11.7. The molecule has 0 heterocycles. The van der Waals surface area contributed by atoms with Crippen molar-refractivity contribution in [2.24, 2.45) is 10.9 Å². The minimum absolute atomic E-state index is 0.0768. The molecule has 0 bridgehead atoms. The van der Waals surface area contributed by atoms with Crippen LogP contribution in [0.25, 0.3) is 10.8 Å². The third-order valence-corrected chi connectivity index (χ3v) is 3.06. The van der Waals surface area contributed by atoms with Crippen molar-refractivity contribution in [1.82, 2.24) is 5.32 Å². The molecule has 1 atom stereocenters. The number of urea groups is 1. The van der Waals surface area contributed by atoms with E-state index < -0.39 is 0 Å². The van der Waals surface area contributed by atoms with Gasteiger partial charge in [0.25, 0.3) is 0 Å². The van der Waals surface area contributed by atoms with Crippen LogP contribution >= 0.6 is 0 Å². The fraction of sp³-hybridized carbons (Fsp3) is 0.200. The van der Waals surface area contributed by atoms with Crippen molar-refractivity contribution in [1.29, 1.82) is 0 Å². The van der Waals surface area contributed by atoms with Gasteiger partial charge in [0.05, 0.1) is 5.69 Å². The summed E-state index contributed by atoms with van der Waals surface area (Å²) in [4.78, 5) is 12.0. The molecule has 0 aliphatic carbocycles. The van der Waals surface area contributed by atoms with Gasteiger partial charge in [0.1, 0.15) is 5.84 Å². The van der Waals surface area contributed by atoms with E-state index >= 15 is 0 Å². The van der Waals surface area contributed by atoms with Crippen LogP contribution in [-0.4, -0.2) is 23.1 Å². The summed E-state index contributed by atoms with van der Waals surface area (Å²) in [5.74, 6) is 0.0768. The molecule has 5 N–H and O–H groups in total. The number of carbonyl (C=O) groups excluding carboxylic acids is 1. The normalized spacial score (nSPS) is 12.9. The van der Waals surface area contributed by atoms with E-state index in [2.05, 4.69) is 15.8 Å². The first-order chi connectivity index (χ1) is 10.1. The van der Waals surface area contributed by atoms with E-state index in [0.717, 1.165) is 16.5 Å². The summed E-state index contributed by atoms with van der Waals surface area (Å²) >= 11 is 0. The van der Waals surface area contributed by atoms with Crippen molar-refractivity contribution in [2.45, 2.75) is 19.4 Å². The van der Waals surface area contributed by atoms with Gasteiger partial charge in [-0.2, -0.15) is 0 Å². The molecule has 0 aliphatic rings. The Morgan fingerprint density at radius 1 is 1.29 bits per heavy atom. The zero-order valence-corrected chi connectivity index (χ0v) is 11.7. The monoisotopic (exact) mass is 286 g/mol. The molecule has 0 aliphatic heterocycles. The lowest BCUT2D eigenvalue weighted by Crippen LogP contribution is -2.38. The summed E-state index contributed by atoms with van der Waals surface area (Å²) in [6, 6.07) is 13.0. The SMILES string of the molecule is CC(CC(N)=NO)NC(=O)Nc1cccc2ccccc12. The van der Waals surface area contributed by atoms with Crippen molar-refractivity contribution in [3.8, 4) is 0 Å². The van der Waals surface area contributed by atoms with Crippen LogP contribution in [0.3, 0.4) is 0 Å². The Labute approximate surface area is 122 Å². The Morgan fingerprint density at radius 3 is 2.76 bits per heavy atom. The van der Waals surface area contributed by atoms with Crippen LogP contribution in [0.15, 0.2) is 47.6 Å². The maximum Gasteiger partial charge on any atom is 0.319 e. The fourth-order valence-electron chi connectivity index (χ4n) is 2.12. The number of anilines is 1. The topological polar surface area (TPSA) is 99.7 Å². The molecular weight excluding hydrogens is 268 g/mol. The first-order valence-electron chi connectivity index (χ1n) is 6.62. The Hall–Kier alpha value is -2.76. The summed E-state index contributed by atoms with van der Waals surface area (Å²) in [7, 11) is 0. The Balaban J connectivity index is 2.05. The Kier molecular flexibility index (Phi) is 4.61. The van der Waals surface area contributed by atoms with E-state index in [-0.39, 0.29) is 24.3 Å². The van der Waals surface area contributed by atoms with Crippen LogP contribution in [0.5, 0.6) is 0 Å². The summed E-state index contributed by atoms with van der Waals surface area (Å²) in [6.45, 7) is 1.78. The lowest BCUT2D eigenvalue weighted by atomic mass is 10.1. The summed E-state index contributed by atoms with van der Waals surface area (Å²) in [5.41, 5.74) is 6.14. The van der Waals surface area contributed by atoms with E-state index in [9.17, 15) is 4.79 Å². The van der Waals surface area contributed by atoms with Crippen molar-refractivity contribution in [2.75, 3.05) is 5.32 Å². The van der Waals surface area contributed by atoms with Gasteiger partial charge in [0, 0.05) is 17.8 Å². The molecule has 0 radical (unpaired) electrons. The van der Waals surface area contributed by atoms with Crippen molar-refractivity contribution < 1.29 is 10.0 Å². The second-order valence-electron chi connectivity index (χ2n) is 4.82. The zero-order chi connectivity index (χ0) is 15.2. The molecular formula is C15H18N4O2. The van der Waals surface area contributed by atoms with Gasteiger partial charge in [-0.1, -0.05) is 41.6 Å². The van der Waals surface area contributed by atoms with E-state index in [1.165, 1.54) is 0 Å². The molecule has 0 fully saturated rings. The molecule has 21 heavy (non-hydrogen) atoms. The van der Waals surface area contributed by atoms with Gasteiger partial charge in [-0.3, -0.25) is 0 Å². The minimum atomic E-state index is -0.329. The molecule has 0 saturated heterocycles. The number of oxime groups is 1. The maximum absolute atomic E-state index is 12.0. The predicted octanol–water partition coefficient (Wildman–Crippen LogP) is 2.49. The highest BCUT2D eigenvalue weighted by Gasteiger charge is 2.10. The quantitative estimate of drug-likeness (QED) is 0.301. The molecule has 110 valence electrons. The average Bonchev–Trinajstić information content (AvgIpc) is 2.47. The lowest BCUT2D eigenvalue weighted by molar-refractivity contribution is 0.249. The van der Waals surface area contributed by atoms with Crippen molar-refractivity contribution in [3.05, 3.63) is 42.5 Å². The van der Waals surface area contributed by atoms with Crippen LogP contribution in [0.2, 0.25) is 0 Å². The van der Waals surface area contributed by atoms with Gasteiger partial charge in [0.15, 0.2) is 0 Å². The van der Waals surface area contributed by atoms with Gasteiger partial charge in [-0.15, -0.1) is 0 Å². The molecule has 0 aromatic heterocycles. The van der Waals surface area contributed by atoms with E-state index in [1.54, 1.807) is 6.92 Å². The standard InChI is InChI=1S/C15H18N4O2/c1-10(9-14(16)19-21)17-15(20)18-13-8-4-6-11-5-2-3-7-12(11)13/h2-8,10,21H,9H2,1H3,(H2,16,19)(H2,17,18,20). The number of amidine groups is 1. The van der Waals surface area contributed by atoms with Gasteiger partial charge < -0.3 is 21.6 Å². The van der Waals surface area contributed by atoms with Crippen LogP contribution in [0, 0.1) is 0 Å². The third kappa shape index (κ3) is 3.85. The molecule has 6 nitrogen and oxygen atoms in total. The third-order valence-electron chi connectivity index (χ3n) is 3.06. The number of rotatable bonds is 4. The fourth-order valence-corrected chi connectivity index (χ4v) is 2.12. The van der Waals surface area contributed by atoms with Gasteiger partial charge in [0.2, 0.25) is 0 Å². The number of amides is 2. The van der Waals surface area contributed by atoms with Crippen molar-refractivity contribution >= 4 is 28.3 Å². The lowest BCUT2D eigenvalue weighted by Gasteiger charge is -2.14. The van der Waals surface area contributed by atoms with Crippen LogP contribution in [-0.2, 0) is 0 Å². The van der Waals surface area contributed by atoms with E-state index in [4.69, 9.17) is 10.9 Å². The molecule has 0 saturated carbocycles. The maximum atomic E-state index is 12.0. The molecule has 2 rings (SSSR count). The van der Waals surface area contributed by atoms with Crippen LogP contribution in [0.4, 0.5) is 10.5 Å². The number of nitrogens with one attached hydrogen (secondary N) is 2. The molecule has 0 spiro atoms. The molecule has 2 aromatic rings. The summed E-state index contributed by atoms with van der Waals surface area (Å²) in [5, 5.41) is 19.0. The average molecular weight is 286 g/mol. The molecule has 1 unspecified atom stereocenters. The molecule has 2 amide bonds. The minimum Gasteiger partial charge on any atom is -0.409 e. The Bertz CT molecular complexity index is 664. The van der Waals surface area contributed by atoms with E-state index in [0.29, 0.717) is 0 Å². The number of nitrogens with zero attached hydrogens (tertiary/aromatic N) is 1. The second kappa shape index (κ2) is 6.60. The van der Waals surface area contributed by atoms with E-state index in [1.807, 2.05) is 42.5 Å². The number of nitrogens with two attached hydrogens (primary N) is 1. The smallest absolute Gasteiger partial charge is 0.319 e. The highest BCUT2D eigenvalue weighted by Crippen LogP contribution is 2.22.